The molecule has 2 aromatic carbocycles. The van der Waals surface area contributed by atoms with Crippen LogP contribution < -0.4 is 10.2 Å². The second-order valence-corrected chi connectivity index (χ2v) is 8.19. The molecule has 4 rings (SSSR count). The fraction of sp³-hybridized carbons (Fsp3) is 0.0909. The molecule has 0 bridgehead atoms. The summed E-state index contributed by atoms with van der Waals surface area (Å²) < 4.78 is 0.885. The molecule has 1 aliphatic heterocycles. The van der Waals surface area contributed by atoms with Gasteiger partial charge >= 0.3 is 0 Å². The number of carbonyl (C=O) groups is 2. The van der Waals surface area contributed by atoms with Crippen molar-refractivity contribution in [2.75, 3.05) is 10.2 Å². The molecule has 0 spiro atoms. The number of amides is 2. The number of aryl methyl sites for hydroxylation is 1. The first-order chi connectivity index (χ1) is 13.6. The third-order valence-electron chi connectivity index (χ3n) is 4.57. The molecule has 28 heavy (non-hydrogen) atoms. The standard InChI is InChI=1S/C22H17BrN2O2S/c1-2-14-5-9-16(10-6-14)24-20-19(18-4-3-13-28-18)21(26)25(22(20)27)17-11-7-15(23)8-12-17/h3-13,24H,2H2,1H3. The van der Waals surface area contributed by atoms with Crippen molar-refractivity contribution in [1.29, 1.82) is 0 Å². The Balaban J connectivity index is 1.75. The van der Waals surface area contributed by atoms with Crippen molar-refractivity contribution < 1.29 is 9.59 Å². The van der Waals surface area contributed by atoms with Gasteiger partial charge in [0.05, 0.1) is 11.3 Å². The van der Waals surface area contributed by atoms with Gasteiger partial charge < -0.3 is 5.32 Å². The van der Waals surface area contributed by atoms with E-state index in [0.717, 1.165) is 21.5 Å². The molecule has 0 aliphatic carbocycles. The number of hydrogen-bond acceptors (Lipinski definition) is 4. The number of carbonyl (C=O) groups excluding carboxylic acids is 2. The quantitative estimate of drug-likeness (QED) is 0.522. The van der Waals surface area contributed by atoms with Crippen LogP contribution in [0.25, 0.3) is 5.57 Å². The molecule has 1 aliphatic rings. The molecule has 1 aromatic heterocycles. The molecule has 3 aromatic rings. The second kappa shape index (κ2) is 7.73. The number of thiophene rings is 1. The summed E-state index contributed by atoms with van der Waals surface area (Å²) in [5.41, 5.74) is 3.25. The van der Waals surface area contributed by atoms with Gasteiger partial charge in [-0.15, -0.1) is 11.3 Å². The van der Waals surface area contributed by atoms with E-state index in [9.17, 15) is 9.59 Å². The van der Waals surface area contributed by atoms with E-state index in [1.165, 1.54) is 21.8 Å². The normalized spacial score (nSPS) is 14.1. The third kappa shape index (κ3) is 3.41. The number of anilines is 2. The molecule has 0 radical (unpaired) electrons. The largest absolute Gasteiger partial charge is 0.350 e. The highest BCUT2D eigenvalue weighted by Crippen LogP contribution is 2.35. The highest BCUT2D eigenvalue weighted by molar-refractivity contribution is 9.10. The van der Waals surface area contributed by atoms with Crippen LogP contribution in [0.15, 0.2) is 76.2 Å². The molecule has 0 saturated carbocycles. The van der Waals surface area contributed by atoms with Gasteiger partial charge in [0, 0.05) is 15.0 Å². The molecule has 4 nitrogen and oxygen atoms in total. The summed E-state index contributed by atoms with van der Waals surface area (Å²) >= 11 is 4.83. The van der Waals surface area contributed by atoms with E-state index in [4.69, 9.17) is 0 Å². The van der Waals surface area contributed by atoms with Crippen LogP contribution in [0.1, 0.15) is 17.4 Å². The molecule has 0 saturated heterocycles. The maximum atomic E-state index is 13.2. The lowest BCUT2D eigenvalue weighted by molar-refractivity contribution is -0.120. The van der Waals surface area contributed by atoms with E-state index in [2.05, 4.69) is 28.2 Å². The average molecular weight is 453 g/mol. The molecule has 0 unspecified atom stereocenters. The average Bonchev–Trinajstić information content (AvgIpc) is 3.31. The van der Waals surface area contributed by atoms with Crippen LogP contribution in [0.5, 0.6) is 0 Å². The number of nitrogens with one attached hydrogen (secondary N) is 1. The minimum absolute atomic E-state index is 0.305. The van der Waals surface area contributed by atoms with Crippen LogP contribution in [-0.2, 0) is 16.0 Å². The van der Waals surface area contributed by atoms with Crippen molar-refractivity contribution in [3.8, 4) is 0 Å². The van der Waals surface area contributed by atoms with Gasteiger partial charge in [-0.3, -0.25) is 9.59 Å². The summed E-state index contributed by atoms with van der Waals surface area (Å²) in [6.07, 6.45) is 0.943. The molecule has 2 amide bonds. The van der Waals surface area contributed by atoms with E-state index in [1.54, 1.807) is 12.1 Å². The zero-order valence-electron chi connectivity index (χ0n) is 15.1. The molecule has 6 heteroatoms. The van der Waals surface area contributed by atoms with E-state index in [1.807, 2.05) is 53.9 Å². The SMILES string of the molecule is CCc1ccc(NC2=C(c3cccs3)C(=O)N(c3ccc(Br)cc3)C2=O)cc1. The number of halogens is 1. The smallest absolute Gasteiger partial charge is 0.282 e. The Hall–Kier alpha value is -2.70. The number of hydrogen-bond donors (Lipinski definition) is 1. The monoisotopic (exact) mass is 452 g/mol. The van der Waals surface area contributed by atoms with Crippen molar-refractivity contribution >= 4 is 56.0 Å². The van der Waals surface area contributed by atoms with Crippen LogP contribution >= 0.6 is 27.3 Å². The number of nitrogens with zero attached hydrogens (tertiary/aromatic N) is 1. The summed E-state index contributed by atoms with van der Waals surface area (Å²) in [6.45, 7) is 2.09. The number of rotatable bonds is 5. The lowest BCUT2D eigenvalue weighted by atomic mass is 10.1. The molecular formula is C22H17BrN2O2S. The molecule has 140 valence electrons. The zero-order chi connectivity index (χ0) is 19.7. The predicted octanol–water partition coefficient (Wildman–Crippen LogP) is 5.47. The maximum Gasteiger partial charge on any atom is 0.282 e. The maximum absolute atomic E-state index is 13.2. The first kappa shape index (κ1) is 18.7. The number of benzene rings is 2. The van der Waals surface area contributed by atoms with Gasteiger partial charge in [0.15, 0.2) is 0 Å². The Kier molecular flexibility index (Phi) is 5.15. The fourth-order valence-corrected chi connectivity index (χ4v) is 4.12. The van der Waals surface area contributed by atoms with Gasteiger partial charge in [-0.25, -0.2) is 4.90 Å². The zero-order valence-corrected chi connectivity index (χ0v) is 17.5. The number of imide groups is 1. The van der Waals surface area contributed by atoms with Crippen LogP contribution in [-0.4, -0.2) is 11.8 Å². The van der Waals surface area contributed by atoms with Gasteiger partial charge in [-0.1, -0.05) is 41.1 Å². The third-order valence-corrected chi connectivity index (χ3v) is 5.98. The Morgan fingerprint density at radius 2 is 1.68 bits per heavy atom. The first-order valence-corrected chi connectivity index (χ1v) is 10.5. The summed E-state index contributed by atoms with van der Waals surface area (Å²) in [6, 6.07) is 18.8. The molecule has 2 heterocycles. The van der Waals surface area contributed by atoms with Crippen molar-refractivity contribution in [1.82, 2.24) is 0 Å². The molecular weight excluding hydrogens is 436 g/mol. The first-order valence-electron chi connectivity index (χ1n) is 8.87. The highest BCUT2D eigenvalue weighted by Gasteiger charge is 2.40. The van der Waals surface area contributed by atoms with E-state index >= 15 is 0 Å². The molecule has 0 atom stereocenters. The van der Waals surface area contributed by atoms with Crippen LogP contribution in [0.3, 0.4) is 0 Å². The van der Waals surface area contributed by atoms with Crippen LogP contribution in [0.2, 0.25) is 0 Å². The second-order valence-electron chi connectivity index (χ2n) is 6.32. The van der Waals surface area contributed by atoms with Gasteiger partial charge in [0.25, 0.3) is 11.8 Å². The van der Waals surface area contributed by atoms with Crippen molar-refractivity contribution in [3.05, 3.63) is 86.7 Å². The van der Waals surface area contributed by atoms with E-state index in [-0.39, 0.29) is 11.8 Å². The molecule has 1 N–H and O–H groups in total. The Morgan fingerprint density at radius 3 is 2.29 bits per heavy atom. The van der Waals surface area contributed by atoms with Crippen LogP contribution in [0.4, 0.5) is 11.4 Å². The van der Waals surface area contributed by atoms with E-state index < -0.39 is 0 Å². The van der Waals surface area contributed by atoms with Crippen molar-refractivity contribution in [3.63, 3.8) is 0 Å². The van der Waals surface area contributed by atoms with Gasteiger partial charge in [-0.05, 0) is 59.8 Å². The van der Waals surface area contributed by atoms with Gasteiger partial charge in [0.2, 0.25) is 0 Å². The lowest BCUT2D eigenvalue weighted by Crippen LogP contribution is -2.32. The van der Waals surface area contributed by atoms with Crippen molar-refractivity contribution in [2.24, 2.45) is 0 Å². The summed E-state index contributed by atoms with van der Waals surface area (Å²) in [5, 5.41) is 5.09. The minimum Gasteiger partial charge on any atom is -0.350 e. The summed E-state index contributed by atoms with van der Waals surface area (Å²) in [4.78, 5) is 28.4. The van der Waals surface area contributed by atoms with Gasteiger partial charge in [-0.2, -0.15) is 0 Å². The Labute approximate surface area is 175 Å². The van der Waals surface area contributed by atoms with E-state index in [0.29, 0.717) is 17.0 Å². The predicted molar refractivity (Wildman–Crippen MR) is 117 cm³/mol. The minimum atomic E-state index is -0.352. The lowest BCUT2D eigenvalue weighted by Gasteiger charge is -2.15. The highest BCUT2D eigenvalue weighted by atomic mass is 79.9. The summed E-state index contributed by atoms with van der Waals surface area (Å²) in [7, 11) is 0. The topological polar surface area (TPSA) is 49.4 Å². The van der Waals surface area contributed by atoms with Crippen molar-refractivity contribution in [2.45, 2.75) is 13.3 Å². The van der Waals surface area contributed by atoms with Crippen LogP contribution in [0, 0.1) is 0 Å². The Morgan fingerprint density at radius 1 is 0.964 bits per heavy atom. The molecule has 0 fully saturated rings. The fourth-order valence-electron chi connectivity index (χ4n) is 3.09. The Bertz CT molecular complexity index is 1050. The van der Waals surface area contributed by atoms with Gasteiger partial charge in [0.1, 0.15) is 5.70 Å². The summed E-state index contributed by atoms with van der Waals surface area (Å²) in [5.74, 6) is -0.669.